The van der Waals surface area contributed by atoms with Gasteiger partial charge in [0.2, 0.25) is 0 Å². The molecule has 19 heavy (non-hydrogen) atoms. The van der Waals surface area contributed by atoms with Gasteiger partial charge in [0.15, 0.2) is 0 Å². The van der Waals surface area contributed by atoms with Crippen LogP contribution in [0.3, 0.4) is 0 Å². The number of hydrogen-bond donors (Lipinski definition) is 2. The lowest BCUT2D eigenvalue weighted by atomic mass is 10.1. The summed E-state index contributed by atoms with van der Waals surface area (Å²) >= 11 is 1.42. The van der Waals surface area contributed by atoms with Crippen molar-refractivity contribution in [1.29, 1.82) is 0 Å². The van der Waals surface area contributed by atoms with Crippen molar-refractivity contribution in [2.24, 2.45) is 0 Å². The normalized spacial score (nSPS) is 19.3. The predicted octanol–water partition coefficient (Wildman–Crippen LogP) is 2.98. The van der Waals surface area contributed by atoms with E-state index in [9.17, 15) is 0 Å². The fourth-order valence-corrected chi connectivity index (χ4v) is 3.14. The molecule has 0 saturated carbocycles. The average molecular weight is 275 g/mol. The first kappa shape index (κ1) is 12.4. The molecule has 2 aromatic rings. The van der Waals surface area contributed by atoms with Gasteiger partial charge in [0.1, 0.15) is 10.8 Å². The molecule has 0 spiro atoms. The van der Waals surface area contributed by atoms with Gasteiger partial charge >= 0.3 is 0 Å². The van der Waals surface area contributed by atoms with Crippen LogP contribution >= 0.6 is 11.5 Å². The largest absolute Gasteiger partial charge is 0.382 e. The SMILES string of the molecule is Nc1nsc(NC2CCCOC2)c1-c1ccccc1. The van der Waals surface area contributed by atoms with E-state index in [1.54, 1.807) is 0 Å². The van der Waals surface area contributed by atoms with E-state index >= 15 is 0 Å². The molecule has 1 aliphatic heterocycles. The van der Waals surface area contributed by atoms with E-state index < -0.39 is 0 Å². The number of aromatic nitrogens is 1. The molecule has 0 radical (unpaired) electrons. The van der Waals surface area contributed by atoms with E-state index in [4.69, 9.17) is 10.5 Å². The Kier molecular flexibility index (Phi) is 3.66. The van der Waals surface area contributed by atoms with Crippen molar-refractivity contribution in [3.05, 3.63) is 30.3 Å². The molecule has 4 nitrogen and oxygen atoms in total. The number of benzene rings is 1. The monoisotopic (exact) mass is 275 g/mol. The highest BCUT2D eigenvalue weighted by Crippen LogP contribution is 2.37. The zero-order valence-electron chi connectivity index (χ0n) is 10.6. The van der Waals surface area contributed by atoms with Crippen LogP contribution in [0.5, 0.6) is 0 Å². The third-order valence-electron chi connectivity index (χ3n) is 3.28. The zero-order valence-corrected chi connectivity index (χ0v) is 11.5. The molecule has 0 aliphatic carbocycles. The Morgan fingerprint density at radius 1 is 1.32 bits per heavy atom. The van der Waals surface area contributed by atoms with E-state index in [0.29, 0.717) is 11.9 Å². The summed E-state index contributed by atoms with van der Waals surface area (Å²) in [6.45, 7) is 1.63. The van der Waals surface area contributed by atoms with Crippen molar-refractivity contribution in [3.63, 3.8) is 0 Å². The number of rotatable bonds is 3. The molecule has 1 unspecified atom stereocenters. The van der Waals surface area contributed by atoms with E-state index in [2.05, 4.69) is 21.8 Å². The fourth-order valence-electron chi connectivity index (χ4n) is 2.32. The van der Waals surface area contributed by atoms with Crippen LogP contribution in [0.15, 0.2) is 30.3 Å². The Morgan fingerprint density at radius 3 is 2.89 bits per heavy atom. The molecule has 3 N–H and O–H groups in total. The van der Waals surface area contributed by atoms with Crippen LogP contribution in [0.25, 0.3) is 11.1 Å². The first-order valence-electron chi connectivity index (χ1n) is 6.49. The Hall–Kier alpha value is -1.59. The number of nitrogens with one attached hydrogen (secondary N) is 1. The van der Waals surface area contributed by atoms with Gasteiger partial charge in [-0.15, -0.1) is 0 Å². The number of nitrogens with two attached hydrogens (primary N) is 1. The molecule has 1 aromatic carbocycles. The second-order valence-electron chi connectivity index (χ2n) is 4.70. The zero-order chi connectivity index (χ0) is 13.1. The minimum Gasteiger partial charge on any atom is -0.382 e. The summed E-state index contributed by atoms with van der Waals surface area (Å²) in [5, 5.41) is 4.56. The van der Waals surface area contributed by atoms with Crippen LogP contribution < -0.4 is 11.1 Å². The van der Waals surface area contributed by atoms with E-state index in [-0.39, 0.29) is 0 Å². The van der Waals surface area contributed by atoms with Crippen molar-refractivity contribution >= 4 is 22.4 Å². The van der Waals surface area contributed by atoms with Crippen LogP contribution in [0, 0.1) is 0 Å². The Balaban J connectivity index is 1.86. The van der Waals surface area contributed by atoms with Gasteiger partial charge in [0.05, 0.1) is 18.2 Å². The Morgan fingerprint density at radius 2 is 2.16 bits per heavy atom. The Labute approximate surface area is 116 Å². The molecule has 1 saturated heterocycles. The molecule has 0 bridgehead atoms. The van der Waals surface area contributed by atoms with Crippen molar-refractivity contribution < 1.29 is 4.74 Å². The first-order chi connectivity index (χ1) is 9.34. The molecule has 0 amide bonds. The molecule has 3 rings (SSSR count). The fraction of sp³-hybridized carbons (Fsp3) is 0.357. The van der Waals surface area contributed by atoms with Gasteiger partial charge in [0, 0.05) is 6.61 Å². The summed E-state index contributed by atoms with van der Waals surface area (Å²) in [4.78, 5) is 0. The first-order valence-corrected chi connectivity index (χ1v) is 7.27. The summed E-state index contributed by atoms with van der Waals surface area (Å²) < 4.78 is 9.77. The van der Waals surface area contributed by atoms with Gasteiger partial charge < -0.3 is 15.8 Å². The van der Waals surface area contributed by atoms with E-state index in [1.807, 2.05) is 18.2 Å². The number of anilines is 2. The van der Waals surface area contributed by atoms with Crippen molar-refractivity contribution in [3.8, 4) is 11.1 Å². The van der Waals surface area contributed by atoms with Gasteiger partial charge in [0.25, 0.3) is 0 Å². The third-order valence-corrected chi connectivity index (χ3v) is 4.07. The van der Waals surface area contributed by atoms with Crippen LogP contribution in [0.4, 0.5) is 10.8 Å². The maximum Gasteiger partial charge on any atom is 0.147 e. The number of ether oxygens (including phenoxy) is 1. The summed E-state index contributed by atoms with van der Waals surface area (Å²) in [6.07, 6.45) is 2.23. The van der Waals surface area contributed by atoms with Crippen molar-refractivity contribution in [1.82, 2.24) is 4.37 Å². The molecular formula is C14H17N3OS. The molecule has 100 valence electrons. The molecular weight excluding hydrogens is 258 g/mol. The maximum absolute atomic E-state index is 6.01. The van der Waals surface area contributed by atoms with Gasteiger partial charge in [-0.05, 0) is 29.9 Å². The molecule has 2 heterocycles. The number of hydrogen-bond acceptors (Lipinski definition) is 5. The molecule has 1 aromatic heterocycles. The van der Waals surface area contributed by atoms with Gasteiger partial charge in [-0.3, -0.25) is 0 Å². The van der Waals surface area contributed by atoms with Crippen molar-refractivity contribution in [2.45, 2.75) is 18.9 Å². The third kappa shape index (κ3) is 2.72. The van der Waals surface area contributed by atoms with Crippen LogP contribution in [-0.2, 0) is 4.74 Å². The van der Waals surface area contributed by atoms with Gasteiger partial charge in [-0.2, -0.15) is 4.37 Å². The second kappa shape index (κ2) is 5.59. The highest BCUT2D eigenvalue weighted by Gasteiger charge is 2.19. The van der Waals surface area contributed by atoms with E-state index in [0.717, 1.165) is 42.2 Å². The molecule has 1 aliphatic rings. The lowest BCUT2D eigenvalue weighted by molar-refractivity contribution is 0.0877. The lowest BCUT2D eigenvalue weighted by Crippen LogP contribution is -2.29. The summed E-state index contributed by atoms with van der Waals surface area (Å²) in [6, 6.07) is 10.5. The highest BCUT2D eigenvalue weighted by molar-refractivity contribution is 7.11. The molecule has 1 fully saturated rings. The van der Waals surface area contributed by atoms with E-state index in [1.165, 1.54) is 11.5 Å². The molecule has 5 heteroatoms. The molecule has 1 atom stereocenters. The summed E-state index contributed by atoms with van der Waals surface area (Å²) in [5.74, 6) is 0.593. The van der Waals surface area contributed by atoms with Gasteiger partial charge in [-0.1, -0.05) is 30.3 Å². The minimum absolute atomic E-state index is 0.357. The lowest BCUT2D eigenvalue weighted by Gasteiger charge is -2.23. The average Bonchev–Trinajstić information content (AvgIpc) is 2.82. The van der Waals surface area contributed by atoms with Gasteiger partial charge in [-0.25, -0.2) is 0 Å². The topological polar surface area (TPSA) is 60.2 Å². The predicted molar refractivity (Wildman–Crippen MR) is 79.4 cm³/mol. The quantitative estimate of drug-likeness (QED) is 0.904. The maximum atomic E-state index is 6.01. The summed E-state index contributed by atoms with van der Waals surface area (Å²) in [7, 11) is 0. The summed E-state index contributed by atoms with van der Waals surface area (Å²) in [5.41, 5.74) is 8.12. The second-order valence-corrected chi connectivity index (χ2v) is 5.47. The van der Waals surface area contributed by atoms with Crippen LogP contribution in [0.2, 0.25) is 0 Å². The number of nitrogens with zero attached hydrogens (tertiary/aromatic N) is 1. The smallest absolute Gasteiger partial charge is 0.147 e. The van der Waals surface area contributed by atoms with Crippen LogP contribution in [-0.4, -0.2) is 23.6 Å². The number of nitrogen functional groups attached to an aromatic ring is 1. The van der Waals surface area contributed by atoms with Crippen LogP contribution in [0.1, 0.15) is 12.8 Å². The van der Waals surface area contributed by atoms with Crippen molar-refractivity contribution in [2.75, 3.05) is 24.3 Å². The highest BCUT2D eigenvalue weighted by atomic mass is 32.1. The standard InChI is InChI=1S/C14H17N3OS/c15-13-12(10-5-2-1-3-6-10)14(19-17-13)16-11-7-4-8-18-9-11/h1-3,5-6,11,16H,4,7-9H2,(H2,15,17). The Bertz CT molecular complexity index is 535. The minimum atomic E-state index is 0.357.